The van der Waals surface area contributed by atoms with Crippen molar-refractivity contribution in [3.05, 3.63) is 24.3 Å². The topological polar surface area (TPSA) is 67.6 Å². The molecule has 1 aromatic carbocycles. The van der Waals surface area contributed by atoms with Gasteiger partial charge in [-0.1, -0.05) is 12.1 Å². The van der Waals surface area contributed by atoms with Gasteiger partial charge in [-0.05, 0) is 37.4 Å². The highest BCUT2D eigenvalue weighted by Crippen LogP contribution is 2.23. The molecule has 7 heteroatoms. The van der Waals surface area contributed by atoms with Crippen LogP contribution >= 0.6 is 24.8 Å². The Kier molecular flexibility index (Phi) is 9.98. The minimum Gasteiger partial charge on any atom is -0.495 e. The number of hydrogen-bond acceptors (Lipinski definition) is 4. The molecule has 1 saturated heterocycles. The van der Waals surface area contributed by atoms with Gasteiger partial charge in [0.25, 0.3) is 0 Å². The van der Waals surface area contributed by atoms with Gasteiger partial charge in [0.15, 0.2) is 0 Å². The summed E-state index contributed by atoms with van der Waals surface area (Å²) in [6, 6.07) is 7.61. The molecule has 0 atom stereocenters. The summed E-state index contributed by atoms with van der Waals surface area (Å²) in [6.45, 7) is 2.65. The largest absolute Gasteiger partial charge is 0.495 e. The number of piperidine rings is 1. The molecule has 0 unspecified atom stereocenters. The van der Waals surface area contributed by atoms with E-state index in [1.54, 1.807) is 7.11 Å². The number of carbonyl (C=O) groups is 1. The summed E-state index contributed by atoms with van der Waals surface area (Å²) in [4.78, 5) is 14.1. The van der Waals surface area contributed by atoms with E-state index in [9.17, 15) is 4.79 Å². The van der Waals surface area contributed by atoms with Crippen molar-refractivity contribution in [3.63, 3.8) is 0 Å². The molecule has 1 aliphatic rings. The van der Waals surface area contributed by atoms with Gasteiger partial charge in [0.05, 0.1) is 19.3 Å². The summed E-state index contributed by atoms with van der Waals surface area (Å²) in [7, 11) is 1.62. The van der Waals surface area contributed by atoms with Crippen LogP contribution in [0.3, 0.4) is 0 Å². The number of nitrogens with two attached hydrogens (primary N) is 1. The minimum absolute atomic E-state index is 0. The number of rotatable bonds is 5. The molecular weight excluding hydrogens is 325 g/mol. The van der Waals surface area contributed by atoms with Crippen LogP contribution in [-0.2, 0) is 4.79 Å². The number of ether oxygens (including phenoxy) is 1. The monoisotopic (exact) mass is 349 g/mol. The molecule has 0 aromatic heterocycles. The molecular formula is C15H25Cl2N3O2. The number of benzene rings is 1. The van der Waals surface area contributed by atoms with E-state index in [1.807, 2.05) is 29.2 Å². The highest BCUT2D eigenvalue weighted by molar-refractivity contribution is 5.85. The molecule has 5 nitrogen and oxygen atoms in total. The van der Waals surface area contributed by atoms with Crippen LogP contribution in [0.1, 0.15) is 12.8 Å². The van der Waals surface area contributed by atoms with Crippen LogP contribution in [0.5, 0.6) is 5.75 Å². The molecule has 0 radical (unpaired) electrons. The third-order valence-corrected chi connectivity index (χ3v) is 3.84. The van der Waals surface area contributed by atoms with E-state index >= 15 is 0 Å². The van der Waals surface area contributed by atoms with Crippen molar-refractivity contribution in [2.45, 2.75) is 12.8 Å². The summed E-state index contributed by atoms with van der Waals surface area (Å²) in [6.07, 6.45) is 2.02. The number of carbonyl (C=O) groups excluding carboxylic acids is 1. The lowest BCUT2D eigenvalue weighted by molar-refractivity contribution is -0.130. The third kappa shape index (κ3) is 5.55. The zero-order valence-corrected chi connectivity index (χ0v) is 14.4. The first-order valence-electron chi connectivity index (χ1n) is 7.09. The maximum absolute atomic E-state index is 12.2. The van der Waals surface area contributed by atoms with Gasteiger partial charge < -0.3 is 20.7 Å². The van der Waals surface area contributed by atoms with Crippen LogP contribution in [-0.4, -0.2) is 44.1 Å². The van der Waals surface area contributed by atoms with Gasteiger partial charge in [-0.2, -0.15) is 0 Å². The first-order valence-corrected chi connectivity index (χ1v) is 7.09. The molecule has 126 valence electrons. The third-order valence-electron chi connectivity index (χ3n) is 3.84. The number of likely N-dealkylation sites (tertiary alicyclic amines) is 1. The summed E-state index contributed by atoms with van der Waals surface area (Å²) in [5, 5.41) is 3.15. The lowest BCUT2D eigenvalue weighted by atomic mass is 9.97. The van der Waals surface area contributed by atoms with Crippen molar-refractivity contribution in [2.75, 3.05) is 38.6 Å². The predicted molar refractivity (Wildman–Crippen MR) is 94.3 cm³/mol. The molecule has 0 spiro atoms. The number of nitrogens with one attached hydrogen (secondary N) is 1. The number of methoxy groups -OCH3 is 1. The fraction of sp³-hybridized carbons (Fsp3) is 0.533. The van der Waals surface area contributed by atoms with E-state index in [-0.39, 0.29) is 30.7 Å². The van der Waals surface area contributed by atoms with Crippen LogP contribution in [0.2, 0.25) is 0 Å². The van der Waals surface area contributed by atoms with Crippen molar-refractivity contribution in [1.29, 1.82) is 0 Å². The van der Waals surface area contributed by atoms with Gasteiger partial charge in [0, 0.05) is 13.1 Å². The Hall–Kier alpha value is -1.17. The number of amides is 1. The lowest BCUT2D eigenvalue weighted by Gasteiger charge is -2.31. The predicted octanol–water partition coefficient (Wildman–Crippen LogP) is 2.15. The van der Waals surface area contributed by atoms with E-state index in [0.717, 1.165) is 43.9 Å². The van der Waals surface area contributed by atoms with Gasteiger partial charge in [-0.25, -0.2) is 0 Å². The van der Waals surface area contributed by atoms with Crippen molar-refractivity contribution >= 4 is 36.4 Å². The Morgan fingerprint density at radius 2 is 1.95 bits per heavy atom. The first-order chi connectivity index (χ1) is 9.74. The summed E-state index contributed by atoms with van der Waals surface area (Å²) < 4.78 is 5.25. The van der Waals surface area contributed by atoms with Crippen LogP contribution in [0.4, 0.5) is 5.69 Å². The number of nitrogens with zero attached hydrogens (tertiary/aromatic N) is 1. The first kappa shape index (κ1) is 20.8. The minimum atomic E-state index is 0. The number of hydrogen-bond donors (Lipinski definition) is 2. The maximum atomic E-state index is 12.2. The number of anilines is 1. The summed E-state index contributed by atoms with van der Waals surface area (Å²) in [5.74, 6) is 1.45. The normalized spacial score (nSPS) is 14.5. The molecule has 0 saturated carbocycles. The summed E-state index contributed by atoms with van der Waals surface area (Å²) >= 11 is 0. The quantitative estimate of drug-likeness (QED) is 0.854. The smallest absolute Gasteiger partial charge is 0.241 e. The van der Waals surface area contributed by atoms with E-state index in [1.165, 1.54) is 0 Å². The maximum Gasteiger partial charge on any atom is 0.241 e. The zero-order valence-electron chi connectivity index (χ0n) is 12.8. The van der Waals surface area contributed by atoms with Gasteiger partial charge in [-0.3, -0.25) is 4.79 Å². The second-order valence-electron chi connectivity index (χ2n) is 5.11. The number of halogens is 2. The van der Waals surface area contributed by atoms with Crippen molar-refractivity contribution < 1.29 is 9.53 Å². The molecule has 0 bridgehead atoms. The second kappa shape index (κ2) is 10.5. The Balaban J connectivity index is 0.00000220. The van der Waals surface area contributed by atoms with E-state index in [4.69, 9.17) is 10.5 Å². The molecule has 0 aliphatic carbocycles. The Morgan fingerprint density at radius 3 is 2.55 bits per heavy atom. The molecule has 3 N–H and O–H groups in total. The lowest BCUT2D eigenvalue weighted by Crippen LogP contribution is -2.42. The van der Waals surface area contributed by atoms with E-state index in [0.29, 0.717) is 12.5 Å². The van der Waals surface area contributed by atoms with E-state index < -0.39 is 0 Å². The fourth-order valence-corrected chi connectivity index (χ4v) is 2.49. The summed E-state index contributed by atoms with van der Waals surface area (Å²) in [5.41, 5.74) is 6.51. The fourth-order valence-electron chi connectivity index (χ4n) is 2.49. The molecule has 1 heterocycles. The molecule has 1 aliphatic heterocycles. The van der Waals surface area contributed by atoms with Gasteiger partial charge in [0.1, 0.15) is 5.75 Å². The Bertz CT molecular complexity index is 452. The van der Waals surface area contributed by atoms with Crippen molar-refractivity contribution in [3.8, 4) is 5.75 Å². The Morgan fingerprint density at radius 1 is 1.32 bits per heavy atom. The zero-order chi connectivity index (χ0) is 14.4. The van der Waals surface area contributed by atoms with Crippen molar-refractivity contribution in [1.82, 2.24) is 4.90 Å². The highest BCUT2D eigenvalue weighted by atomic mass is 35.5. The van der Waals surface area contributed by atoms with Crippen LogP contribution in [0.25, 0.3) is 0 Å². The van der Waals surface area contributed by atoms with E-state index in [2.05, 4.69) is 5.32 Å². The SMILES string of the molecule is COc1ccccc1NCC(=O)N1CCC(CN)CC1.Cl.Cl. The van der Waals surface area contributed by atoms with Gasteiger partial charge >= 0.3 is 0 Å². The molecule has 22 heavy (non-hydrogen) atoms. The average Bonchev–Trinajstić information content (AvgIpc) is 2.53. The standard InChI is InChI=1S/C15H23N3O2.2ClH/c1-20-14-5-3-2-4-13(14)17-11-15(19)18-8-6-12(10-16)7-9-18;;/h2-5,12,17H,6-11,16H2,1H3;2*1H. The van der Waals surface area contributed by atoms with Crippen molar-refractivity contribution in [2.24, 2.45) is 11.7 Å². The van der Waals surface area contributed by atoms with Crippen LogP contribution in [0, 0.1) is 5.92 Å². The highest BCUT2D eigenvalue weighted by Gasteiger charge is 2.21. The molecule has 2 rings (SSSR count). The van der Waals surface area contributed by atoms with Crippen LogP contribution in [0.15, 0.2) is 24.3 Å². The number of para-hydroxylation sites is 2. The Labute approximate surface area is 144 Å². The molecule has 1 fully saturated rings. The molecule has 1 aromatic rings. The van der Waals surface area contributed by atoms with Gasteiger partial charge in [-0.15, -0.1) is 24.8 Å². The average molecular weight is 350 g/mol. The van der Waals surface area contributed by atoms with Gasteiger partial charge in [0.2, 0.25) is 5.91 Å². The second-order valence-corrected chi connectivity index (χ2v) is 5.11. The van der Waals surface area contributed by atoms with Crippen LogP contribution < -0.4 is 15.8 Å². The molecule has 1 amide bonds.